The van der Waals surface area contributed by atoms with Crippen molar-refractivity contribution in [2.24, 2.45) is 11.7 Å². The van der Waals surface area contributed by atoms with Crippen LogP contribution in [-0.4, -0.2) is 23.9 Å². The fraction of sp³-hybridized carbons (Fsp3) is 0.500. The number of aromatic nitrogens is 1. The normalized spacial score (nSPS) is 17.4. The molecule has 0 bridgehead atoms. The molecule has 1 fully saturated rings. The van der Waals surface area contributed by atoms with E-state index in [1.807, 2.05) is 25.1 Å². The molecule has 4 heteroatoms. The van der Waals surface area contributed by atoms with Crippen LogP contribution in [0.1, 0.15) is 18.5 Å². The summed E-state index contributed by atoms with van der Waals surface area (Å²) in [5, 5.41) is 7.44. The molecule has 1 aliphatic heterocycles. The number of pyridine rings is 1. The van der Waals surface area contributed by atoms with Gasteiger partial charge in [-0.25, -0.2) is 4.98 Å². The molecular formula is C12H18N4. The third-order valence-electron chi connectivity index (χ3n) is 3.13. The van der Waals surface area contributed by atoms with Crippen LogP contribution in [0.3, 0.4) is 0 Å². The van der Waals surface area contributed by atoms with E-state index in [1.54, 1.807) is 0 Å². The van der Waals surface area contributed by atoms with E-state index in [0.717, 1.165) is 37.4 Å². The maximum Gasteiger partial charge on any atom is 0.128 e. The van der Waals surface area contributed by atoms with Crippen LogP contribution in [0.2, 0.25) is 0 Å². The Labute approximate surface area is 96.0 Å². The first-order chi connectivity index (χ1) is 7.66. The molecule has 0 unspecified atom stereocenters. The predicted octanol–water partition coefficient (Wildman–Crippen LogP) is 1.54. The van der Waals surface area contributed by atoms with Gasteiger partial charge in [-0.3, -0.25) is 5.41 Å². The van der Waals surface area contributed by atoms with Gasteiger partial charge in [0.2, 0.25) is 0 Å². The Balaban J connectivity index is 2.01. The lowest BCUT2D eigenvalue weighted by molar-refractivity contribution is 0.495. The molecule has 86 valence electrons. The average Bonchev–Trinajstić information content (AvgIpc) is 2.29. The zero-order chi connectivity index (χ0) is 11.5. The number of nitrogens with zero attached hydrogens (tertiary/aromatic N) is 2. The van der Waals surface area contributed by atoms with Crippen LogP contribution >= 0.6 is 0 Å². The minimum Gasteiger partial charge on any atom is -0.387 e. The first-order valence-electron chi connectivity index (χ1n) is 5.69. The number of nitrogens with one attached hydrogen (secondary N) is 1. The van der Waals surface area contributed by atoms with E-state index in [0.29, 0.717) is 5.84 Å². The average molecular weight is 218 g/mol. The third-order valence-corrected chi connectivity index (χ3v) is 3.13. The highest BCUT2D eigenvalue weighted by atomic mass is 15.2. The van der Waals surface area contributed by atoms with E-state index in [-0.39, 0.29) is 5.92 Å². The van der Waals surface area contributed by atoms with Crippen LogP contribution in [0.4, 0.5) is 5.82 Å². The van der Waals surface area contributed by atoms with E-state index < -0.39 is 0 Å². The monoisotopic (exact) mass is 218 g/mol. The van der Waals surface area contributed by atoms with Crippen molar-refractivity contribution in [3.63, 3.8) is 0 Å². The SMILES string of the molecule is Cc1cccc(N2CCC(C(=N)N)CC2)n1. The quantitative estimate of drug-likeness (QED) is 0.584. The summed E-state index contributed by atoms with van der Waals surface area (Å²) in [5.41, 5.74) is 6.57. The van der Waals surface area contributed by atoms with Crippen LogP contribution < -0.4 is 10.6 Å². The Bertz CT molecular complexity index is 380. The summed E-state index contributed by atoms with van der Waals surface area (Å²) < 4.78 is 0. The molecule has 0 amide bonds. The topological polar surface area (TPSA) is 66.0 Å². The molecule has 0 atom stereocenters. The highest BCUT2D eigenvalue weighted by Gasteiger charge is 2.21. The smallest absolute Gasteiger partial charge is 0.128 e. The Morgan fingerprint density at radius 1 is 1.44 bits per heavy atom. The second-order valence-corrected chi connectivity index (χ2v) is 4.35. The summed E-state index contributed by atoms with van der Waals surface area (Å²) in [6.45, 7) is 3.90. The molecule has 0 aromatic carbocycles. The lowest BCUT2D eigenvalue weighted by atomic mass is 9.96. The molecule has 0 saturated carbocycles. The second-order valence-electron chi connectivity index (χ2n) is 4.35. The van der Waals surface area contributed by atoms with Gasteiger partial charge in [-0.1, -0.05) is 6.07 Å². The van der Waals surface area contributed by atoms with Crippen molar-refractivity contribution in [2.45, 2.75) is 19.8 Å². The molecule has 0 spiro atoms. The van der Waals surface area contributed by atoms with Gasteiger partial charge in [0, 0.05) is 24.7 Å². The number of nitrogens with two attached hydrogens (primary N) is 1. The van der Waals surface area contributed by atoms with Gasteiger partial charge in [0.1, 0.15) is 5.82 Å². The van der Waals surface area contributed by atoms with E-state index in [4.69, 9.17) is 11.1 Å². The number of hydrogen-bond acceptors (Lipinski definition) is 3. The Kier molecular flexibility index (Phi) is 3.08. The Hall–Kier alpha value is -1.58. The van der Waals surface area contributed by atoms with Gasteiger partial charge >= 0.3 is 0 Å². The standard InChI is InChI=1S/C12H18N4/c1-9-3-2-4-11(15-9)16-7-5-10(6-8-16)12(13)14/h2-4,10H,5-8H2,1H3,(H3,13,14). The van der Waals surface area contributed by atoms with Crippen LogP contribution in [0, 0.1) is 18.3 Å². The summed E-state index contributed by atoms with van der Waals surface area (Å²) in [7, 11) is 0. The molecule has 3 N–H and O–H groups in total. The summed E-state index contributed by atoms with van der Waals surface area (Å²) in [6.07, 6.45) is 1.93. The number of aryl methyl sites for hydroxylation is 1. The predicted molar refractivity (Wildman–Crippen MR) is 65.8 cm³/mol. The fourth-order valence-corrected chi connectivity index (χ4v) is 2.12. The van der Waals surface area contributed by atoms with Gasteiger partial charge in [0.15, 0.2) is 0 Å². The van der Waals surface area contributed by atoms with Crippen molar-refractivity contribution in [1.82, 2.24) is 4.98 Å². The van der Waals surface area contributed by atoms with E-state index in [9.17, 15) is 0 Å². The molecule has 1 aromatic rings. The molecule has 1 saturated heterocycles. The molecule has 4 nitrogen and oxygen atoms in total. The van der Waals surface area contributed by atoms with Crippen LogP contribution in [0.15, 0.2) is 18.2 Å². The molecule has 1 aromatic heterocycles. The number of anilines is 1. The Morgan fingerprint density at radius 3 is 2.69 bits per heavy atom. The summed E-state index contributed by atoms with van der Waals surface area (Å²) in [5.74, 6) is 1.64. The van der Waals surface area contributed by atoms with Gasteiger partial charge in [-0.2, -0.15) is 0 Å². The summed E-state index contributed by atoms with van der Waals surface area (Å²) in [4.78, 5) is 6.78. The van der Waals surface area contributed by atoms with Crippen molar-refractivity contribution in [2.75, 3.05) is 18.0 Å². The minimum absolute atomic E-state index is 0.265. The van der Waals surface area contributed by atoms with Gasteiger partial charge in [-0.05, 0) is 31.9 Å². The number of hydrogen-bond donors (Lipinski definition) is 2. The lowest BCUT2D eigenvalue weighted by Crippen LogP contribution is -2.38. The van der Waals surface area contributed by atoms with Gasteiger partial charge in [-0.15, -0.1) is 0 Å². The van der Waals surface area contributed by atoms with E-state index in [1.165, 1.54) is 0 Å². The molecule has 1 aliphatic rings. The fourth-order valence-electron chi connectivity index (χ4n) is 2.12. The zero-order valence-corrected chi connectivity index (χ0v) is 9.61. The van der Waals surface area contributed by atoms with Crippen molar-refractivity contribution in [3.05, 3.63) is 23.9 Å². The maximum atomic E-state index is 7.44. The molecule has 2 rings (SSSR count). The lowest BCUT2D eigenvalue weighted by Gasteiger charge is -2.32. The molecule has 0 radical (unpaired) electrons. The highest BCUT2D eigenvalue weighted by Crippen LogP contribution is 2.21. The van der Waals surface area contributed by atoms with E-state index >= 15 is 0 Å². The van der Waals surface area contributed by atoms with Crippen molar-refractivity contribution < 1.29 is 0 Å². The largest absolute Gasteiger partial charge is 0.387 e. The van der Waals surface area contributed by atoms with Crippen molar-refractivity contribution >= 4 is 11.7 Å². The second kappa shape index (κ2) is 4.51. The number of amidine groups is 1. The molecule has 2 heterocycles. The van der Waals surface area contributed by atoms with Crippen molar-refractivity contribution in [3.8, 4) is 0 Å². The zero-order valence-electron chi connectivity index (χ0n) is 9.61. The van der Waals surface area contributed by atoms with Gasteiger partial charge < -0.3 is 10.6 Å². The van der Waals surface area contributed by atoms with Crippen LogP contribution in [-0.2, 0) is 0 Å². The molecular weight excluding hydrogens is 200 g/mol. The molecule has 16 heavy (non-hydrogen) atoms. The number of rotatable bonds is 2. The van der Waals surface area contributed by atoms with E-state index in [2.05, 4.69) is 9.88 Å². The van der Waals surface area contributed by atoms with Gasteiger partial charge in [0.05, 0.1) is 5.84 Å². The van der Waals surface area contributed by atoms with Crippen molar-refractivity contribution in [1.29, 1.82) is 5.41 Å². The number of piperidine rings is 1. The maximum absolute atomic E-state index is 7.44. The van der Waals surface area contributed by atoms with Gasteiger partial charge in [0.25, 0.3) is 0 Å². The van der Waals surface area contributed by atoms with Crippen LogP contribution in [0.5, 0.6) is 0 Å². The minimum atomic E-state index is 0.265. The molecule has 0 aliphatic carbocycles. The first kappa shape index (κ1) is 10.9. The highest BCUT2D eigenvalue weighted by molar-refractivity contribution is 5.79. The Morgan fingerprint density at radius 2 is 2.12 bits per heavy atom. The third kappa shape index (κ3) is 2.32. The summed E-state index contributed by atoms with van der Waals surface area (Å²) in [6, 6.07) is 6.08. The van der Waals surface area contributed by atoms with Crippen LogP contribution in [0.25, 0.3) is 0 Å². The first-order valence-corrected chi connectivity index (χ1v) is 5.69. The summed E-state index contributed by atoms with van der Waals surface area (Å²) >= 11 is 0.